The summed E-state index contributed by atoms with van der Waals surface area (Å²) in [7, 11) is 0. The van der Waals surface area contributed by atoms with Crippen molar-refractivity contribution in [1.29, 1.82) is 0 Å². The summed E-state index contributed by atoms with van der Waals surface area (Å²) in [5.41, 5.74) is 0. The molecule has 0 spiro atoms. The van der Waals surface area contributed by atoms with Crippen molar-refractivity contribution in [2.75, 3.05) is 6.61 Å². The molecule has 1 aliphatic rings. The summed E-state index contributed by atoms with van der Waals surface area (Å²) in [5, 5.41) is 8.76. The second-order valence-corrected chi connectivity index (χ2v) is 4.96. The van der Waals surface area contributed by atoms with Crippen LogP contribution in [0.2, 0.25) is 0 Å². The lowest BCUT2D eigenvalue weighted by atomic mass is 10.0. The Morgan fingerprint density at radius 3 is 2.05 bits per heavy atom. The van der Waals surface area contributed by atoms with E-state index in [0.29, 0.717) is 0 Å². The molecule has 5 atom stereocenters. The van der Waals surface area contributed by atoms with Crippen LogP contribution in [0.4, 0.5) is 0 Å². The van der Waals surface area contributed by atoms with Crippen molar-refractivity contribution in [1.82, 2.24) is 0 Å². The number of ether oxygens (including phenoxy) is 4. The van der Waals surface area contributed by atoms with Gasteiger partial charge in [0.05, 0.1) is 0 Å². The molecule has 2 unspecified atom stereocenters. The number of hydrogen-bond donors (Lipinski definition) is 1. The zero-order chi connectivity index (χ0) is 16.2. The van der Waals surface area contributed by atoms with Gasteiger partial charge in [-0.3, -0.25) is 14.4 Å². The smallest absolute Gasteiger partial charge is 0.303 e. The first-order valence-corrected chi connectivity index (χ1v) is 6.61. The fraction of sp³-hybridized carbons (Fsp3) is 0.750. The summed E-state index contributed by atoms with van der Waals surface area (Å²) >= 11 is 6.11. The van der Waals surface area contributed by atoms with Crippen molar-refractivity contribution < 1.29 is 38.4 Å². The third-order valence-electron chi connectivity index (χ3n) is 2.64. The third-order valence-corrected chi connectivity index (χ3v) is 3.14. The second kappa shape index (κ2) is 7.58. The Morgan fingerprint density at radius 1 is 1.05 bits per heavy atom. The minimum absolute atomic E-state index is 0.264. The number of carbonyl (C=O) groups excluding carboxylic acids is 3. The molecule has 120 valence electrons. The molecule has 1 rings (SSSR count). The molecule has 0 aromatic rings. The molecule has 0 aromatic carbocycles. The molecule has 0 aromatic heterocycles. The van der Waals surface area contributed by atoms with E-state index in [2.05, 4.69) is 0 Å². The fourth-order valence-electron chi connectivity index (χ4n) is 1.86. The molecule has 1 aliphatic heterocycles. The summed E-state index contributed by atoms with van der Waals surface area (Å²) in [6, 6.07) is 0. The maximum Gasteiger partial charge on any atom is 0.303 e. The van der Waals surface area contributed by atoms with Gasteiger partial charge in [0.15, 0.2) is 18.5 Å². The topological polar surface area (TPSA) is 108 Å². The summed E-state index contributed by atoms with van der Waals surface area (Å²) < 4.78 is 19.8. The van der Waals surface area contributed by atoms with Crippen molar-refractivity contribution in [3.05, 3.63) is 0 Å². The summed E-state index contributed by atoms with van der Waals surface area (Å²) in [6.45, 7) is 3.24. The Morgan fingerprint density at radius 2 is 1.57 bits per heavy atom. The van der Waals surface area contributed by atoms with Crippen molar-refractivity contribution in [2.24, 2.45) is 0 Å². The zero-order valence-electron chi connectivity index (χ0n) is 11.8. The molecule has 1 fully saturated rings. The van der Waals surface area contributed by atoms with Crippen LogP contribution < -0.4 is 0 Å². The molecule has 0 amide bonds. The number of halogens is 1. The Bertz CT molecular complexity index is 410. The molecular weight excluding hydrogens is 308 g/mol. The molecule has 1 heterocycles. The van der Waals surface area contributed by atoms with Gasteiger partial charge in [0, 0.05) is 20.8 Å². The fourth-order valence-corrected chi connectivity index (χ4v) is 2.25. The van der Waals surface area contributed by atoms with Gasteiger partial charge in [0.1, 0.15) is 18.1 Å². The van der Waals surface area contributed by atoms with Gasteiger partial charge in [-0.25, -0.2) is 0 Å². The van der Waals surface area contributed by atoms with E-state index in [-0.39, 0.29) is 6.61 Å². The van der Waals surface area contributed by atoms with Crippen LogP contribution >= 0.6 is 11.6 Å². The van der Waals surface area contributed by atoms with Gasteiger partial charge in [-0.15, -0.1) is 11.6 Å². The van der Waals surface area contributed by atoms with Gasteiger partial charge in [-0.1, -0.05) is 0 Å². The van der Waals surface area contributed by atoms with Crippen LogP contribution in [0.3, 0.4) is 0 Å². The average Bonchev–Trinajstić information content (AvgIpc) is 2.35. The van der Waals surface area contributed by atoms with Gasteiger partial charge in [0.25, 0.3) is 0 Å². The highest BCUT2D eigenvalue weighted by Gasteiger charge is 2.48. The molecule has 0 bridgehead atoms. The van der Waals surface area contributed by atoms with E-state index < -0.39 is 47.9 Å². The molecule has 21 heavy (non-hydrogen) atoms. The lowest BCUT2D eigenvalue weighted by molar-refractivity contribution is -0.260. The molecule has 1 N–H and O–H groups in total. The first kappa shape index (κ1) is 17.7. The van der Waals surface area contributed by atoms with Crippen LogP contribution in [0.5, 0.6) is 0 Å². The standard InChI is InChI=1S/C12H17ClO8/c1-5(14)18-4-8-10(19-6(2)15)9(13)11(12(17)21-8)20-7(3)16/h8-12,17H,4H2,1-3H3/t8?,9-,10+,11?,12+/m0/s1. The number of aliphatic hydroxyl groups excluding tert-OH is 1. The van der Waals surface area contributed by atoms with Crippen LogP contribution in [0.25, 0.3) is 0 Å². The van der Waals surface area contributed by atoms with Crippen LogP contribution in [-0.4, -0.2) is 59.6 Å². The van der Waals surface area contributed by atoms with E-state index in [1.807, 2.05) is 0 Å². The SMILES string of the molecule is CC(=O)OCC1O[C@@H](O)C(OC(C)=O)[C@@H](Cl)[C@@H]1OC(C)=O. The zero-order valence-corrected chi connectivity index (χ0v) is 12.5. The van der Waals surface area contributed by atoms with Crippen molar-refractivity contribution in [2.45, 2.75) is 50.8 Å². The highest BCUT2D eigenvalue weighted by atomic mass is 35.5. The Labute approximate surface area is 126 Å². The van der Waals surface area contributed by atoms with E-state index in [1.54, 1.807) is 0 Å². The van der Waals surface area contributed by atoms with Crippen LogP contribution in [0.15, 0.2) is 0 Å². The minimum atomic E-state index is -1.52. The van der Waals surface area contributed by atoms with E-state index in [1.165, 1.54) is 13.8 Å². The van der Waals surface area contributed by atoms with Crippen molar-refractivity contribution >= 4 is 29.5 Å². The maximum atomic E-state index is 11.1. The minimum Gasteiger partial charge on any atom is -0.463 e. The second-order valence-electron chi connectivity index (χ2n) is 4.46. The molecule has 0 radical (unpaired) electrons. The Kier molecular flexibility index (Phi) is 6.38. The number of carbonyl (C=O) groups is 3. The van der Waals surface area contributed by atoms with Gasteiger partial charge in [-0.05, 0) is 0 Å². The quantitative estimate of drug-likeness (QED) is 0.428. The lowest BCUT2D eigenvalue weighted by Crippen LogP contribution is -2.59. The van der Waals surface area contributed by atoms with E-state index in [9.17, 15) is 19.5 Å². The van der Waals surface area contributed by atoms with Crippen molar-refractivity contribution in [3.8, 4) is 0 Å². The van der Waals surface area contributed by atoms with Crippen LogP contribution in [0, 0.1) is 0 Å². The molecule has 0 aliphatic carbocycles. The monoisotopic (exact) mass is 324 g/mol. The predicted octanol–water partition coefficient (Wildman–Crippen LogP) is -0.263. The molecule has 1 saturated heterocycles. The largest absolute Gasteiger partial charge is 0.463 e. The Hall–Kier alpha value is -1.38. The lowest BCUT2D eigenvalue weighted by Gasteiger charge is -2.40. The Balaban J connectivity index is 2.86. The number of rotatable bonds is 4. The summed E-state index contributed by atoms with van der Waals surface area (Å²) in [5.74, 6) is -1.88. The number of alkyl halides is 1. The molecular formula is C12H17ClO8. The molecule has 8 nitrogen and oxygen atoms in total. The van der Waals surface area contributed by atoms with Crippen LogP contribution in [-0.2, 0) is 33.3 Å². The maximum absolute atomic E-state index is 11.1. The first-order chi connectivity index (χ1) is 9.72. The number of esters is 3. The van der Waals surface area contributed by atoms with E-state index in [4.69, 9.17) is 30.5 Å². The van der Waals surface area contributed by atoms with E-state index >= 15 is 0 Å². The normalized spacial score (nSPS) is 32.1. The highest BCUT2D eigenvalue weighted by molar-refractivity contribution is 6.21. The van der Waals surface area contributed by atoms with Gasteiger partial charge >= 0.3 is 17.9 Å². The van der Waals surface area contributed by atoms with Crippen molar-refractivity contribution in [3.63, 3.8) is 0 Å². The van der Waals surface area contributed by atoms with Gasteiger partial charge < -0.3 is 24.1 Å². The summed E-state index contributed by atoms with van der Waals surface area (Å²) in [4.78, 5) is 33.0. The molecule has 9 heteroatoms. The van der Waals surface area contributed by atoms with Crippen LogP contribution in [0.1, 0.15) is 20.8 Å². The summed E-state index contributed by atoms with van der Waals surface area (Å²) in [6.07, 6.45) is -4.75. The van der Waals surface area contributed by atoms with Gasteiger partial charge in [0.2, 0.25) is 0 Å². The predicted molar refractivity (Wildman–Crippen MR) is 68.3 cm³/mol. The van der Waals surface area contributed by atoms with E-state index in [0.717, 1.165) is 6.92 Å². The van der Waals surface area contributed by atoms with Gasteiger partial charge in [-0.2, -0.15) is 0 Å². The number of aliphatic hydroxyl groups is 1. The molecule has 0 saturated carbocycles. The first-order valence-electron chi connectivity index (χ1n) is 6.17. The average molecular weight is 325 g/mol. The third kappa shape index (κ3) is 5.14. The number of hydrogen-bond acceptors (Lipinski definition) is 8. The highest BCUT2D eigenvalue weighted by Crippen LogP contribution is 2.29.